The molecule has 12 heteroatoms. The van der Waals surface area contributed by atoms with Gasteiger partial charge < -0.3 is 0 Å². The smallest absolute Gasteiger partial charge is 0.296 e. The first-order valence-corrected chi connectivity index (χ1v) is 9.22. The fraction of sp³-hybridized carbons (Fsp3) is 0.385. The molecule has 25 heavy (non-hydrogen) atoms. The summed E-state index contributed by atoms with van der Waals surface area (Å²) in [5.74, 6) is -0.762. The van der Waals surface area contributed by atoms with Crippen molar-refractivity contribution in [1.82, 2.24) is 15.2 Å². The zero-order valence-corrected chi connectivity index (χ0v) is 14.7. The zero-order valence-electron chi connectivity index (χ0n) is 13.0. The van der Waals surface area contributed by atoms with Gasteiger partial charge in [-0.05, 0) is 18.1 Å². The highest BCUT2D eigenvalue weighted by Crippen LogP contribution is 2.31. The molecule has 0 atom stereocenters. The van der Waals surface area contributed by atoms with Crippen LogP contribution >= 0.6 is 11.3 Å². The number of carbonyl (C=O) groups excluding carboxylic acids is 1. The number of halogens is 3. The van der Waals surface area contributed by atoms with Gasteiger partial charge in [-0.1, -0.05) is 25.2 Å². The Morgan fingerprint density at radius 1 is 1.32 bits per heavy atom. The molecule has 1 amide bonds. The molecule has 0 radical (unpaired) electrons. The summed E-state index contributed by atoms with van der Waals surface area (Å²) < 4.78 is 61.3. The second-order valence-electron chi connectivity index (χ2n) is 5.36. The lowest BCUT2D eigenvalue weighted by Crippen LogP contribution is -2.27. The molecule has 2 aromatic heterocycles. The Balaban J connectivity index is 2.31. The number of nitrogens with one attached hydrogen (secondary N) is 1. The summed E-state index contributed by atoms with van der Waals surface area (Å²) in [5.41, 5.74) is -6.29. The number of sulfone groups is 1. The van der Waals surface area contributed by atoms with E-state index >= 15 is 0 Å². The average molecular weight is 394 g/mol. The molecule has 2 aromatic rings. The Morgan fingerprint density at radius 3 is 2.60 bits per heavy atom. The lowest BCUT2D eigenvalue weighted by molar-refractivity contribution is -0.0438. The van der Waals surface area contributed by atoms with E-state index < -0.39 is 31.8 Å². The van der Waals surface area contributed by atoms with Crippen molar-refractivity contribution in [3.05, 3.63) is 28.9 Å². The zero-order chi connectivity index (χ0) is 18.8. The number of rotatable bonds is 5. The number of aromatic nitrogens is 3. The van der Waals surface area contributed by atoms with Crippen LogP contribution in [0.1, 0.15) is 29.2 Å². The summed E-state index contributed by atoms with van der Waals surface area (Å²) in [4.78, 5) is 15.4. The summed E-state index contributed by atoms with van der Waals surface area (Å²) in [7, 11) is -5.76. The minimum absolute atomic E-state index is 0.0554. The summed E-state index contributed by atoms with van der Waals surface area (Å²) in [6.45, 7) is 3.92. The highest BCUT2D eigenvalue weighted by molar-refractivity contribution is 7.92. The van der Waals surface area contributed by atoms with Crippen LogP contribution in [0.5, 0.6) is 0 Å². The van der Waals surface area contributed by atoms with Gasteiger partial charge in [-0.25, -0.2) is 13.4 Å². The predicted molar refractivity (Wildman–Crippen MR) is 83.9 cm³/mol. The molecule has 0 aromatic carbocycles. The molecule has 0 unspecified atom stereocenters. The largest absolute Gasteiger partial charge is 0.503 e. The fourth-order valence-electron chi connectivity index (χ4n) is 1.79. The topological polar surface area (TPSA) is 102 Å². The lowest BCUT2D eigenvalue weighted by Gasteiger charge is -2.10. The van der Waals surface area contributed by atoms with Gasteiger partial charge in [0, 0.05) is 12.6 Å². The summed E-state index contributed by atoms with van der Waals surface area (Å²) in [6, 6.07) is 2.10. The predicted octanol–water partition coefficient (Wildman–Crippen LogP) is 2.68. The number of nitrogens with zero attached hydrogens (tertiary/aromatic N) is 3. The third-order valence-electron chi connectivity index (χ3n) is 2.85. The third kappa shape index (κ3) is 4.31. The maximum atomic E-state index is 12.7. The van der Waals surface area contributed by atoms with Crippen molar-refractivity contribution in [2.24, 2.45) is 5.92 Å². The van der Waals surface area contributed by atoms with Crippen molar-refractivity contribution in [2.75, 3.05) is 5.32 Å². The van der Waals surface area contributed by atoms with E-state index in [0.717, 1.165) is 29.7 Å². The van der Waals surface area contributed by atoms with Crippen molar-refractivity contribution >= 4 is 32.2 Å². The minimum Gasteiger partial charge on any atom is -0.296 e. The van der Waals surface area contributed by atoms with Crippen LogP contribution in [0.3, 0.4) is 0 Å². The standard InChI is InChI=1S/C13H13F3N4O3S2/c1-7(2)6-9-19-20-12(24-9)18-10(21)8-4-3-5-17-11(8)25(22,23)13(14,15)16/h3-5,7H,6H2,1-2H3,(H,18,20,21). The van der Waals surface area contributed by atoms with E-state index in [2.05, 4.69) is 20.5 Å². The van der Waals surface area contributed by atoms with Gasteiger partial charge in [-0.15, -0.1) is 10.2 Å². The Hall–Kier alpha value is -2.08. The van der Waals surface area contributed by atoms with Crippen LogP contribution in [0.2, 0.25) is 0 Å². The van der Waals surface area contributed by atoms with E-state index in [0.29, 0.717) is 17.3 Å². The molecule has 7 nitrogen and oxygen atoms in total. The van der Waals surface area contributed by atoms with Crippen LogP contribution in [0.15, 0.2) is 23.4 Å². The average Bonchev–Trinajstić information content (AvgIpc) is 2.92. The number of carbonyl (C=O) groups is 1. The van der Waals surface area contributed by atoms with Crippen molar-refractivity contribution < 1.29 is 26.4 Å². The molecule has 0 fully saturated rings. The first-order chi connectivity index (χ1) is 11.5. The fourth-order valence-corrected chi connectivity index (χ4v) is 3.60. The van der Waals surface area contributed by atoms with E-state index in [4.69, 9.17) is 0 Å². The van der Waals surface area contributed by atoms with Crippen LogP contribution in [0, 0.1) is 5.92 Å². The van der Waals surface area contributed by atoms with Gasteiger partial charge >= 0.3 is 5.51 Å². The maximum Gasteiger partial charge on any atom is 0.503 e. The highest BCUT2D eigenvalue weighted by Gasteiger charge is 2.49. The van der Waals surface area contributed by atoms with Gasteiger partial charge in [0.2, 0.25) is 5.13 Å². The summed E-state index contributed by atoms with van der Waals surface area (Å²) in [5, 5.41) is 9.16. The molecule has 0 aliphatic carbocycles. The van der Waals surface area contributed by atoms with Gasteiger partial charge in [-0.3, -0.25) is 10.1 Å². The number of amides is 1. The SMILES string of the molecule is CC(C)Cc1nnc(NC(=O)c2cccnc2S(=O)(=O)C(F)(F)F)s1. The Labute approximate surface area is 145 Å². The number of alkyl halides is 3. The van der Waals surface area contributed by atoms with Crippen LogP contribution in [-0.4, -0.2) is 35.0 Å². The van der Waals surface area contributed by atoms with Crippen molar-refractivity contribution in [3.8, 4) is 0 Å². The molecular weight excluding hydrogens is 381 g/mol. The van der Waals surface area contributed by atoms with Crippen LogP contribution in [0.4, 0.5) is 18.3 Å². The van der Waals surface area contributed by atoms with E-state index in [9.17, 15) is 26.4 Å². The van der Waals surface area contributed by atoms with E-state index in [1.165, 1.54) is 0 Å². The first-order valence-electron chi connectivity index (χ1n) is 6.92. The monoisotopic (exact) mass is 394 g/mol. The number of hydrogen-bond donors (Lipinski definition) is 1. The molecule has 0 saturated carbocycles. The lowest BCUT2D eigenvalue weighted by atomic mass is 10.1. The molecule has 1 N–H and O–H groups in total. The Kier molecular flexibility index (Phi) is 5.42. The van der Waals surface area contributed by atoms with Gasteiger partial charge in [0.1, 0.15) is 5.01 Å². The highest BCUT2D eigenvalue weighted by atomic mass is 32.2. The molecule has 0 bridgehead atoms. The van der Waals surface area contributed by atoms with Crippen molar-refractivity contribution in [3.63, 3.8) is 0 Å². The van der Waals surface area contributed by atoms with Crippen LogP contribution in [0.25, 0.3) is 0 Å². The maximum absolute atomic E-state index is 12.7. The number of pyridine rings is 1. The molecular formula is C13H13F3N4O3S2. The van der Waals surface area contributed by atoms with Gasteiger partial charge in [0.05, 0.1) is 5.56 Å². The van der Waals surface area contributed by atoms with E-state index in [-0.39, 0.29) is 5.13 Å². The third-order valence-corrected chi connectivity index (χ3v) is 5.15. The number of anilines is 1. The van der Waals surface area contributed by atoms with Gasteiger partial charge in [0.25, 0.3) is 15.7 Å². The van der Waals surface area contributed by atoms with E-state index in [1.807, 2.05) is 13.8 Å². The second kappa shape index (κ2) is 7.04. The molecule has 0 aliphatic rings. The Morgan fingerprint density at radius 2 is 2.00 bits per heavy atom. The van der Waals surface area contributed by atoms with E-state index in [1.54, 1.807) is 0 Å². The summed E-state index contributed by atoms with van der Waals surface area (Å²) in [6.07, 6.45) is 1.48. The number of hydrogen-bond acceptors (Lipinski definition) is 7. The molecule has 136 valence electrons. The normalized spacial score (nSPS) is 12.4. The molecule has 2 heterocycles. The quantitative estimate of drug-likeness (QED) is 0.837. The van der Waals surface area contributed by atoms with Crippen LogP contribution in [-0.2, 0) is 16.3 Å². The molecule has 0 aliphatic heterocycles. The summed E-state index contributed by atoms with van der Waals surface area (Å²) >= 11 is 1.06. The minimum atomic E-state index is -5.76. The molecule has 0 spiro atoms. The van der Waals surface area contributed by atoms with Crippen molar-refractivity contribution in [1.29, 1.82) is 0 Å². The second-order valence-corrected chi connectivity index (χ2v) is 8.28. The molecule has 0 saturated heterocycles. The van der Waals surface area contributed by atoms with Gasteiger partial charge in [-0.2, -0.15) is 13.2 Å². The Bertz CT molecular complexity index is 879. The van der Waals surface area contributed by atoms with Crippen molar-refractivity contribution in [2.45, 2.75) is 30.8 Å². The van der Waals surface area contributed by atoms with Gasteiger partial charge in [0.15, 0.2) is 5.03 Å². The van der Waals surface area contributed by atoms with Crippen LogP contribution < -0.4 is 5.32 Å². The first kappa shape index (κ1) is 19.2. The molecule has 2 rings (SSSR count).